The Morgan fingerprint density at radius 3 is 2.46 bits per heavy atom. The molecule has 0 spiro atoms. The van der Waals surface area contributed by atoms with E-state index in [0.29, 0.717) is 21.2 Å². The molecule has 0 saturated carbocycles. The molecule has 1 aromatic heterocycles. The third kappa shape index (κ3) is 4.59. The number of benzene rings is 2. The Morgan fingerprint density at radius 1 is 1.04 bits per heavy atom. The summed E-state index contributed by atoms with van der Waals surface area (Å²) >= 11 is 12.4. The van der Waals surface area contributed by atoms with Gasteiger partial charge in [-0.1, -0.05) is 52.7 Å². The Labute approximate surface area is 163 Å². The minimum atomic E-state index is -3.68. The third-order valence-electron chi connectivity index (χ3n) is 3.25. The number of carbonyl (C=O) groups excluding carboxylic acids is 1. The molecule has 0 saturated heterocycles. The Morgan fingerprint density at radius 2 is 1.77 bits per heavy atom. The Bertz CT molecular complexity index is 1050. The van der Waals surface area contributed by atoms with E-state index in [-0.39, 0.29) is 15.2 Å². The highest BCUT2D eigenvalue weighted by Gasteiger charge is 2.22. The first-order valence-electron chi connectivity index (χ1n) is 7.21. The van der Waals surface area contributed by atoms with Crippen molar-refractivity contribution in [1.29, 1.82) is 0 Å². The summed E-state index contributed by atoms with van der Waals surface area (Å²) in [5.41, 5.74) is 0.910. The van der Waals surface area contributed by atoms with Gasteiger partial charge in [-0.15, -0.1) is 10.2 Å². The number of carbonyl (C=O) groups is 1. The third-order valence-corrected chi connectivity index (χ3v) is 6.71. The van der Waals surface area contributed by atoms with Crippen LogP contribution in [0.5, 0.6) is 0 Å². The number of hydrogen-bond donors (Lipinski definition) is 1. The molecule has 10 heteroatoms. The van der Waals surface area contributed by atoms with E-state index in [2.05, 4.69) is 15.5 Å². The zero-order valence-corrected chi connectivity index (χ0v) is 16.2. The van der Waals surface area contributed by atoms with Crippen LogP contribution in [0, 0.1) is 0 Å². The van der Waals surface area contributed by atoms with Gasteiger partial charge in [-0.2, -0.15) is 0 Å². The lowest BCUT2D eigenvalue weighted by atomic mass is 10.2. The van der Waals surface area contributed by atoms with Gasteiger partial charge >= 0.3 is 0 Å². The highest BCUT2D eigenvalue weighted by molar-refractivity contribution is 7.92. The van der Waals surface area contributed by atoms with Crippen molar-refractivity contribution in [2.75, 3.05) is 5.32 Å². The molecule has 3 rings (SSSR count). The lowest BCUT2D eigenvalue weighted by molar-refractivity contribution is 0.102. The number of aromatic nitrogens is 2. The molecular weight excluding hydrogens is 417 g/mol. The predicted octanol–water partition coefficient (Wildman–Crippen LogP) is 4.07. The van der Waals surface area contributed by atoms with E-state index in [9.17, 15) is 13.2 Å². The molecule has 0 unspecified atom stereocenters. The van der Waals surface area contributed by atoms with Gasteiger partial charge < -0.3 is 0 Å². The highest BCUT2D eigenvalue weighted by Crippen LogP contribution is 2.24. The predicted molar refractivity (Wildman–Crippen MR) is 102 cm³/mol. The van der Waals surface area contributed by atoms with Gasteiger partial charge in [-0.05, 0) is 35.9 Å². The fourth-order valence-corrected chi connectivity index (χ4v) is 4.68. The number of halogens is 2. The van der Waals surface area contributed by atoms with Crippen LogP contribution >= 0.6 is 34.5 Å². The van der Waals surface area contributed by atoms with E-state index in [4.69, 9.17) is 23.2 Å². The molecule has 0 aliphatic carbocycles. The van der Waals surface area contributed by atoms with Crippen molar-refractivity contribution < 1.29 is 13.2 Å². The molecule has 1 amide bonds. The van der Waals surface area contributed by atoms with Gasteiger partial charge in [0.05, 0.1) is 5.75 Å². The van der Waals surface area contributed by atoms with Crippen LogP contribution in [0.3, 0.4) is 0 Å². The van der Waals surface area contributed by atoms with Gasteiger partial charge in [0.2, 0.25) is 19.3 Å². The zero-order valence-electron chi connectivity index (χ0n) is 13.0. The molecule has 26 heavy (non-hydrogen) atoms. The first kappa shape index (κ1) is 18.8. The summed E-state index contributed by atoms with van der Waals surface area (Å²) in [5.74, 6) is -0.689. The van der Waals surface area contributed by atoms with Crippen LogP contribution in [0.1, 0.15) is 15.9 Å². The standard InChI is InChI=1S/C16H11Cl2N3O3S2/c17-12-6-4-10(5-7-12)9-26(23,24)16-21-20-15(25-16)19-14(22)11-2-1-3-13(18)8-11/h1-8H,9H2,(H,19,20,22). The smallest absolute Gasteiger partial charge is 0.257 e. The number of hydrogen-bond acceptors (Lipinski definition) is 6. The zero-order chi connectivity index (χ0) is 18.7. The second-order valence-electron chi connectivity index (χ2n) is 5.22. The summed E-state index contributed by atoms with van der Waals surface area (Å²) in [6.07, 6.45) is 0. The molecule has 0 radical (unpaired) electrons. The first-order chi connectivity index (χ1) is 12.3. The SMILES string of the molecule is O=C(Nc1nnc(S(=O)(=O)Cc2ccc(Cl)cc2)s1)c1cccc(Cl)c1. The lowest BCUT2D eigenvalue weighted by Crippen LogP contribution is -2.11. The molecule has 0 atom stereocenters. The van der Waals surface area contributed by atoms with Crippen LogP contribution in [0.2, 0.25) is 10.0 Å². The molecule has 1 N–H and O–H groups in total. The van der Waals surface area contributed by atoms with E-state index in [1.54, 1.807) is 42.5 Å². The molecule has 0 fully saturated rings. The molecule has 0 aliphatic rings. The monoisotopic (exact) mass is 427 g/mol. The van der Waals surface area contributed by atoms with E-state index >= 15 is 0 Å². The van der Waals surface area contributed by atoms with Crippen molar-refractivity contribution in [3.05, 3.63) is 69.7 Å². The van der Waals surface area contributed by atoms with Crippen molar-refractivity contribution in [1.82, 2.24) is 10.2 Å². The molecule has 0 aliphatic heterocycles. The van der Waals surface area contributed by atoms with Crippen LogP contribution in [-0.2, 0) is 15.6 Å². The average Bonchev–Trinajstić information content (AvgIpc) is 3.06. The average molecular weight is 428 g/mol. The Balaban J connectivity index is 1.74. The second kappa shape index (κ2) is 7.71. The fourth-order valence-electron chi connectivity index (χ4n) is 2.05. The minimum Gasteiger partial charge on any atom is -0.296 e. The molecule has 6 nitrogen and oxygen atoms in total. The van der Waals surface area contributed by atoms with Crippen molar-refractivity contribution >= 4 is 55.4 Å². The second-order valence-corrected chi connectivity index (χ2v) is 9.24. The van der Waals surface area contributed by atoms with Crippen LogP contribution in [0.4, 0.5) is 5.13 Å². The topological polar surface area (TPSA) is 89.0 Å². The first-order valence-corrected chi connectivity index (χ1v) is 10.4. The summed E-state index contributed by atoms with van der Waals surface area (Å²) in [7, 11) is -3.68. The van der Waals surface area contributed by atoms with Gasteiger partial charge in [-0.25, -0.2) is 8.42 Å². The van der Waals surface area contributed by atoms with Crippen molar-refractivity contribution in [3.8, 4) is 0 Å². The van der Waals surface area contributed by atoms with Crippen molar-refractivity contribution in [2.24, 2.45) is 0 Å². The van der Waals surface area contributed by atoms with Gasteiger partial charge in [0.15, 0.2) is 0 Å². The van der Waals surface area contributed by atoms with Crippen LogP contribution < -0.4 is 5.32 Å². The van der Waals surface area contributed by atoms with E-state index in [1.165, 1.54) is 6.07 Å². The number of nitrogens with one attached hydrogen (secondary N) is 1. The summed E-state index contributed by atoms with van der Waals surface area (Å²) in [6, 6.07) is 12.8. The minimum absolute atomic E-state index is 0.0876. The number of sulfone groups is 1. The normalized spacial score (nSPS) is 11.3. The maximum Gasteiger partial charge on any atom is 0.257 e. The van der Waals surface area contributed by atoms with E-state index < -0.39 is 15.7 Å². The highest BCUT2D eigenvalue weighted by atomic mass is 35.5. The number of anilines is 1. The van der Waals surface area contributed by atoms with E-state index in [0.717, 1.165) is 11.3 Å². The Hall–Kier alpha value is -2.00. The summed E-state index contributed by atoms with van der Waals surface area (Å²) < 4.78 is 24.7. The number of amides is 1. The molecule has 1 heterocycles. The number of nitrogens with zero attached hydrogens (tertiary/aromatic N) is 2. The quantitative estimate of drug-likeness (QED) is 0.619. The summed E-state index contributed by atoms with van der Waals surface area (Å²) in [4.78, 5) is 12.2. The molecule has 3 aromatic rings. The van der Waals surface area contributed by atoms with Crippen LogP contribution in [-0.4, -0.2) is 24.5 Å². The van der Waals surface area contributed by atoms with Crippen molar-refractivity contribution in [2.45, 2.75) is 10.1 Å². The maximum absolute atomic E-state index is 12.4. The van der Waals surface area contributed by atoms with Crippen LogP contribution in [0.25, 0.3) is 0 Å². The number of rotatable bonds is 5. The largest absolute Gasteiger partial charge is 0.296 e. The molecule has 2 aromatic carbocycles. The Kier molecular flexibility index (Phi) is 5.57. The summed E-state index contributed by atoms with van der Waals surface area (Å²) in [6.45, 7) is 0. The fraction of sp³-hybridized carbons (Fsp3) is 0.0625. The van der Waals surface area contributed by atoms with Gasteiger partial charge in [0.1, 0.15) is 0 Å². The van der Waals surface area contributed by atoms with Crippen molar-refractivity contribution in [3.63, 3.8) is 0 Å². The van der Waals surface area contributed by atoms with Crippen LogP contribution in [0.15, 0.2) is 52.9 Å². The lowest BCUT2D eigenvalue weighted by Gasteiger charge is -2.02. The van der Waals surface area contributed by atoms with Gasteiger partial charge in [-0.3, -0.25) is 10.1 Å². The molecule has 134 valence electrons. The maximum atomic E-state index is 12.4. The van der Waals surface area contributed by atoms with Gasteiger partial charge in [0, 0.05) is 15.6 Å². The van der Waals surface area contributed by atoms with Gasteiger partial charge in [0.25, 0.3) is 5.91 Å². The molecule has 0 bridgehead atoms. The van der Waals surface area contributed by atoms with E-state index in [1.807, 2.05) is 0 Å². The molecular formula is C16H11Cl2N3O3S2. The summed E-state index contributed by atoms with van der Waals surface area (Å²) in [5, 5.41) is 11.0.